The van der Waals surface area contributed by atoms with Gasteiger partial charge in [0.15, 0.2) is 5.65 Å². The molecule has 0 spiro atoms. The van der Waals surface area contributed by atoms with Crippen molar-refractivity contribution in [1.29, 1.82) is 0 Å². The average Bonchev–Trinajstić information content (AvgIpc) is 3.02. The number of aromatic nitrogens is 4. The van der Waals surface area contributed by atoms with Gasteiger partial charge in [0.25, 0.3) is 0 Å². The molecular formula is C14H14N6OS. The van der Waals surface area contributed by atoms with Gasteiger partial charge in [-0.25, -0.2) is 19.7 Å². The zero-order valence-electron chi connectivity index (χ0n) is 11.6. The molecule has 3 rings (SSSR count). The van der Waals surface area contributed by atoms with Crippen molar-refractivity contribution in [3.8, 4) is 0 Å². The molecule has 0 saturated heterocycles. The highest BCUT2D eigenvalue weighted by molar-refractivity contribution is 7.99. The molecule has 0 aliphatic rings. The second-order valence-corrected chi connectivity index (χ2v) is 5.46. The summed E-state index contributed by atoms with van der Waals surface area (Å²) in [5.74, 6) is 0.702. The first-order chi connectivity index (χ1) is 10.8. The summed E-state index contributed by atoms with van der Waals surface area (Å²) in [6.45, 7) is 0.531. The number of fused-ring (bicyclic) bond motifs is 1. The van der Waals surface area contributed by atoms with E-state index >= 15 is 0 Å². The summed E-state index contributed by atoms with van der Waals surface area (Å²) < 4.78 is 0. The number of carbonyl (C=O) groups is 1. The van der Waals surface area contributed by atoms with Crippen molar-refractivity contribution in [3.63, 3.8) is 0 Å². The van der Waals surface area contributed by atoms with E-state index in [1.54, 1.807) is 6.33 Å². The maximum Gasteiger partial charge on any atom is 0.319 e. The zero-order chi connectivity index (χ0) is 15.2. The molecule has 0 saturated carbocycles. The number of rotatable bonds is 5. The van der Waals surface area contributed by atoms with E-state index in [9.17, 15) is 4.79 Å². The predicted molar refractivity (Wildman–Crippen MR) is 85.9 cm³/mol. The zero-order valence-corrected chi connectivity index (χ0v) is 12.4. The fourth-order valence-corrected chi connectivity index (χ4v) is 2.68. The van der Waals surface area contributed by atoms with Gasteiger partial charge in [-0.3, -0.25) is 0 Å². The standard InChI is InChI=1S/C14H14N6OS/c21-14(20-10-4-2-1-3-5-10)15-6-7-22-13-11-12(17-8-16-11)18-9-19-13/h1-5,8-9H,6-7H2,(H2,15,20,21)(H,16,17,18,19). The number of hydrogen-bond acceptors (Lipinski definition) is 5. The van der Waals surface area contributed by atoms with Crippen LogP contribution < -0.4 is 10.6 Å². The second-order valence-electron chi connectivity index (χ2n) is 4.38. The number of H-pyrrole nitrogens is 1. The lowest BCUT2D eigenvalue weighted by molar-refractivity contribution is 0.252. The highest BCUT2D eigenvalue weighted by Gasteiger charge is 2.06. The Balaban J connectivity index is 1.46. The van der Waals surface area contributed by atoms with E-state index in [1.807, 2.05) is 30.3 Å². The summed E-state index contributed by atoms with van der Waals surface area (Å²) in [4.78, 5) is 27.1. The van der Waals surface area contributed by atoms with Crippen molar-refractivity contribution in [2.24, 2.45) is 0 Å². The molecule has 0 aliphatic heterocycles. The van der Waals surface area contributed by atoms with Crippen LogP contribution in [-0.4, -0.2) is 38.3 Å². The molecule has 0 fully saturated rings. The molecule has 22 heavy (non-hydrogen) atoms. The van der Waals surface area contributed by atoms with E-state index in [2.05, 4.69) is 30.6 Å². The van der Waals surface area contributed by atoms with Gasteiger partial charge < -0.3 is 15.6 Å². The van der Waals surface area contributed by atoms with Crippen LogP contribution >= 0.6 is 11.8 Å². The predicted octanol–water partition coefficient (Wildman–Crippen LogP) is 2.27. The molecule has 0 radical (unpaired) electrons. The summed E-state index contributed by atoms with van der Waals surface area (Å²) in [5, 5.41) is 6.39. The van der Waals surface area contributed by atoms with E-state index in [-0.39, 0.29) is 6.03 Å². The Morgan fingerprint density at radius 1 is 1.18 bits per heavy atom. The van der Waals surface area contributed by atoms with Crippen LogP contribution in [0.1, 0.15) is 0 Å². The van der Waals surface area contributed by atoms with Crippen LogP contribution in [0.4, 0.5) is 10.5 Å². The molecular weight excluding hydrogens is 300 g/mol. The lowest BCUT2D eigenvalue weighted by Gasteiger charge is -2.07. The molecule has 0 aliphatic carbocycles. The summed E-state index contributed by atoms with van der Waals surface area (Å²) in [5.41, 5.74) is 2.23. The number of para-hydroxylation sites is 1. The molecule has 0 unspecified atom stereocenters. The minimum absolute atomic E-state index is 0.221. The summed E-state index contributed by atoms with van der Waals surface area (Å²) in [6, 6.07) is 9.10. The molecule has 2 aromatic heterocycles. The number of thioether (sulfide) groups is 1. The highest BCUT2D eigenvalue weighted by atomic mass is 32.2. The first-order valence-corrected chi connectivity index (χ1v) is 7.68. The van der Waals surface area contributed by atoms with Gasteiger partial charge in [-0.2, -0.15) is 0 Å². The first-order valence-electron chi connectivity index (χ1n) is 6.70. The van der Waals surface area contributed by atoms with Gasteiger partial charge in [0, 0.05) is 18.0 Å². The number of benzene rings is 1. The molecule has 8 heteroatoms. The Bertz CT molecular complexity index is 760. The maximum absolute atomic E-state index is 11.7. The smallest absolute Gasteiger partial charge is 0.319 e. The minimum Gasteiger partial charge on any atom is -0.341 e. The molecule has 1 aromatic carbocycles. The van der Waals surface area contributed by atoms with Crippen LogP contribution in [0.2, 0.25) is 0 Å². The SMILES string of the molecule is O=C(NCCSc1ncnc2nc[nH]c12)Nc1ccccc1. The maximum atomic E-state index is 11.7. The van der Waals surface area contributed by atoms with Gasteiger partial charge in [0.1, 0.15) is 16.9 Å². The van der Waals surface area contributed by atoms with Gasteiger partial charge >= 0.3 is 6.03 Å². The highest BCUT2D eigenvalue weighted by Crippen LogP contribution is 2.20. The third-order valence-electron chi connectivity index (χ3n) is 2.85. The Morgan fingerprint density at radius 3 is 2.91 bits per heavy atom. The summed E-state index contributed by atoms with van der Waals surface area (Å²) in [6.07, 6.45) is 3.08. The Hall–Kier alpha value is -2.61. The Morgan fingerprint density at radius 2 is 2.05 bits per heavy atom. The molecule has 7 nitrogen and oxygen atoms in total. The normalized spacial score (nSPS) is 10.5. The lowest BCUT2D eigenvalue weighted by atomic mass is 10.3. The molecule has 3 aromatic rings. The topological polar surface area (TPSA) is 95.6 Å². The summed E-state index contributed by atoms with van der Waals surface area (Å²) in [7, 11) is 0. The fraction of sp³-hybridized carbons (Fsp3) is 0.143. The average molecular weight is 314 g/mol. The fourth-order valence-electron chi connectivity index (χ4n) is 1.86. The number of hydrogen-bond donors (Lipinski definition) is 3. The molecule has 0 atom stereocenters. The Kier molecular flexibility index (Phi) is 4.50. The van der Waals surface area contributed by atoms with Crippen molar-refractivity contribution in [3.05, 3.63) is 43.0 Å². The van der Waals surface area contributed by atoms with Crippen molar-refractivity contribution in [2.45, 2.75) is 5.03 Å². The van der Waals surface area contributed by atoms with Crippen molar-refractivity contribution in [2.75, 3.05) is 17.6 Å². The molecule has 2 heterocycles. The van der Waals surface area contributed by atoms with Crippen LogP contribution in [0, 0.1) is 0 Å². The van der Waals surface area contributed by atoms with E-state index < -0.39 is 0 Å². The van der Waals surface area contributed by atoms with E-state index in [1.165, 1.54) is 18.1 Å². The van der Waals surface area contributed by atoms with Crippen LogP contribution in [0.25, 0.3) is 11.2 Å². The van der Waals surface area contributed by atoms with Crippen LogP contribution in [0.15, 0.2) is 48.0 Å². The van der Waals surface area contributed by atoms with Gasteiger partial charge in [-0.15, -0.1) is 11.8 Å². The number of anilines is 1. The van der Waals surface area contributed by atoms with Crippen LogP contribution in [0.5, 0.6) is 0 Å². The van der Waals surface area contributed by atoms with Crippen molar-refractivity contribution < 1.29 is 4.79 Å². The monoisotopic (exact) mass is 314 g/mol. The number of imidazole rings is 1. The Labute approximate surface area is 131 Å². The van der Waals surface area contributed by atoms with E-state index in [0.29, 0.717) is 17.9 Å². The number of carbonyl (C=O) groups excluding carboxylic acids is 1. The van der Waals surface area contributed by atoms with Gasteiger partial charge in [-0.05, 0) is 12.1 Å². The molecule has 2 amide bonds. The van der Waals surface area contributed by atoms with E-state index in [0.717, 1.165) is 16.2 Å². The second kappa shape index (κ2) is 6.90. The van der Waals surface area contributed by atoms with Crippen LogP contribution in [0.3, 0.4) is 0 Å². The number of nitrogens with one attached hydrogen (secondary N) is 3. The lowest BCUT2D eigenvalue weighted by Crippen LogP contribution is -2.30. The van der Waals surface area contributed by atoms with E-state index in [4.69, 9.17) is 0 Å². The molecule has 112 valence electrons. The third kappa shape index (κ3) is 3.53. The quantitative estimate of drug-likeness (QED) is 0.381. The van der Waals surface area contributed by atoms with Crippen molar-refractivity contribution >= 4 is 34.6 Å². The first kappa shape index (κ1) is 14.3. The molecule has 0 bridgehead atoms. The number of nitrogens with zero attached hydrogens (tertiary/aromatic N) is 3. The van der Waals surface area contributed by atoms with Gasteiger partial charge in [0.05, 0.1) is 6.33 Å². The van der Waals surface area contributed by atoms with Gasteiger partial charge in [0.2, 0.25) is 0 Å². The largest absolute Gasteiger partial charge is 0.341 e. The summed E-state index contributed by atoms with van der Waals surface area (Å²) >= 11 is 1.54. The van der Waals surface area contributed by atoms with Crippen molar-refractivity contribution in [1.82, 2.24) is 25.3 Å². The number of amides is 2. The third-order valence-corrected chi connectivity index (χ3v) is 3.84. The van der Waals surface area contributed by atoms with Gasteiger partial charge in [-0.1, -0.05) is 18.2 Å². The minimum atomic E-state index is -0.221. The number of aromatic amines is 1. The molecule has 3 N–H and O–H groups in total. The van der Waals surface area contributed by atoms with Crippen LogP contribution in [-0.2, 0) is 0 Å². The number of urea groups is 1.